The summed E-state index contributed by atoms with van der Waals surface area (Å²) >= 11 is 5.78. The summed E-state index contributed by atoms with van der Waals surface area (Å²) in [4.78, 5) is 5.20. The largest absolute Gasteiger partial charge is 0.390 e. The fourth-order valence-corrected chi connectivity index (χ4v) is 1.65. The minimum atomic E-state index is 0.405. The van der Waals surface area contributed by atoms with Gasteiger partial charge in [-0.2, -0.15) is 0 Å². The number of hydrogen-bond acceptors (Lipinski definition) is 2. The molecule has 0 saturated carbocycles. The molecule has 2 nitrogen and oxygen atoms in total. The van der Waals surface area contributed by atoms with Crippen LogP contribution in [0.15, 0.2) is 60.3 Å². The number of benzene rings is 2. The lowest BCUT2D eigenvalue weighted by atomic mass is 10.1. The Kier molecular flexibility index (Phi) is 4.76. The van der Waals surface area contributed by atoms with Gasteiger partial charge in [-0.3, -0.25) is 0 Å². The third-order valence-corrected chi connectivity index (χ3v) is 2.75. The topological polar surface area (TPSA) is 21.6 Å². The first-order valence-electron chi connectivity index (χ1n) is 5.83. The van der Waals surface area contributed by atoms with Crippen molar-refractivity contribution in [2.45, 2.75) is 6.61 Å². The van der Waals surface area contributed by atoms with Gasteiger partial charge >= 0.3 is 0 Å². The third kappa shape index (κ3) is 4.27. The zero-order valence-electron chi connectivity index (χ0n) is 10.3. The Bertz CT molecular complexity index is 576. The van der Waals surface area contributed by atoms with E-state index in [2.05, 4.69) is 17.9 Å². The zero-order valence-corrected chi connectivity index (χ0v) is 11.1. The second-order valence-electron chi connectivity index (χ2n) is 3.93. The van der Waals surface area contributed by atoms with Gasteiger partial charge < -0.3 is 4.84 Å². The lowest BCUT2D eigenvalue weighted by molar-refractivity contribution is 0.132. The first-order chi connectivity index (χ1) is 9.28. The van der Waals surface area contributed by atoms with Gasteiger partial charge in [-0.25, -0.2) is 0 Å². The lowest BCUT2D eigenvalue weighted by Gasteiger charge is -2.00. The van der Waals surface area contributed by atoms with Crippen molar-refractivity contribution in [1.82, 2.24) is 0 Å². The maximum atomic E-state index is 5.78. The van der Waals surface area contributed by atoms with Crippen molar-refractivity contribution in [1.29, 1.82) is 0 Å². The average Bonchev–Trinajstić information content (AvgIpc) is 2.46. The normalized spacial score (nSPS) is 10.6. The molecule has 0 unspecified atom stereocenters. The first kappa shape index (κ1) is 13.4. The standard InChI is InChI=1S/C16H13ClNO/c1-2-13-4-3-5-15(10-13)12-19-18-11-14-6-8-16(17)9-7-14/h2-10H,1,12H2. The first-order valence-corrected chi connectivity index (χ1v) is 6.21. The molecule has 95 valence electrons. The van der Waals surface area contributed by atoms with Crippen LogP contribution in [0, 0.1) is 0 Å². The van der Waals surface area contributed by atoms with Crippen LogP contribution >= 0.6 is 11.6 Å². The molecule has 3 heteroatoms. The van der Waals surface area contributed by atoms with Crippen LogP contribution in [0.4, 0.5) is 0 Å². The molecule has 2 aromatic rings. The summed E-state index contributed by atoms with van der Waals surface area (Å²) in [6, 6.07) is 15.2. The number of rotatable bonds is 5. The highest BCUT2D eigenvalue weighted by molar-refractivity contribution is 6.30. The van der Waals surface area contributed by atoms with Gasteiger partial charge in [0, 0.05) is 10.6 Å². The number of hydrogen-bond donors (Lipinski definition) is 0. The summed E-state index contributed by atoms with van der Waals surface area (Å²) in [6.45, 7) is 4.13. The van der Waals surface area contributed by atoms with Crippen molar-refractivity contribution in [2.24, 2.45) is 5.16 Å². The second-order valence-corrected chi connectivity index (χ2v) is 4.37. The minimum Gasteiger partial charge on any atom is -0.390 e. The second kappa shape index (κ2) is 6.76. The highest BCUT2D eigenvalue weighted by Crippen LogP contribution is 2.09. The van der Waals surface area contributed by atoms with E-state index in [9.17, 15) is 0 Å². The lowest BCUT2D eigenvalue weighted by Crippen LogP contribution is -1.88. The SMILES string of the molecule is C=Cc1cccc(CO/N=[C]\c2ccc(Cl)cc2)c1. The third-order valence-electron chi connectivity index (χ3n) is 2.50. The predicted octanol–water partition coefficient (Wildman–Crippen LogP) is 4.41. The average molecular weight is 271 g/mol. The molecule has 0 aliphatic rings. The van der Waals surface area contributed by atoms with Crippen LogP contribution in [-0.2, 0) is 11.4 Å². The van der Waals surface area contributed by atoms with Crippen molar-refractivity contribution in [3.63, 3.8) is 0 Å². The Balaban J connectivity index is 1.89. The van der Waals surface area contributed by atoms with Gasteiger partial charge in [-0.1, -0.05) is 59.7 Å². The van der Waals surface area contributed by atoms with Gasteiger partial charge in [-0.05, 0) is 29.3 Å². The van der Waals surface area contributed by atoms with Crippen LogP contribution in [0.5, 0.6) is 0 Å². The molecule has 2 rings (SSSR count). The van der Waals surface area contributed by atoms with E-state index < -0.39 is 0 Å². The van der Waals surface area contributed by atoms with E-state index in [4.69, 9.17) is 16.4 Å². The Morgan fingerprint density at radius 3 is 2.74 bits per heavy atom. The highest BCUT2D eigenvalue weighted by atomic mass is 35.5. The van der Waals surface area contributed by atoms with E-state index in [-0.39, 0.29) is 0 Å². The van der Waals surface area contributed by atoms with Crippen LogP contribution in [0.3, 0.4) is 0 Å². The zero-order chi connectivity index (χ0) is 13.5. The molecule has 2 aromatic carbocycles. The minimum absolute atomic E-state index is 0.405. The highest BCUT2D eigenvalue weighted by Gasteiger charge is 1.94. The molecular weight excluding hydrogens is 258 g/mol. The van der Waals surface area contributed by atoms with Crippen molar-refractivity contribution in [3.05, 3.63) is 76.8 Å². The molecule has 0 atom stereocenters. The van der Waals surface area contributed by atoms with Crippen LogP contribution in [0.25, 0.3) is 6.08 Å². The van der Waals surface area contributed by atoms with Gasteiger partial charge in [0.05, 0.1) is 0 Å². The molecule has 0 spiro atoms. The molecule has 0 aliphatic heterocycles. The molecule has 0 fully saturated rings. The maximum Gasteiger partial charge on any atom is 0.142 e. The van der Waals surface area contributed by atoms with Crippen molar-refractivity contribution in [2.75, 3.05) is 0 Å². The van der Waals surface area contributed by atoms with Crippen molar-refractivity contribution < 1.29 is 4.84 Å². The fraction of sp³-hybridized carbons (Fsp3) is 0.0625. The summed E-state index contributed by atoms with van der Waals surface area (Å²) in [5, 5.41) is 4.49. The molecule has 0 saturated heterocycles. The number of nitrogens with zero attached hydrogens (tertiary/aromatic N) is 1. The molecular formula is C16H13ClNO. The Morgan fingerprint density at radius 2 is 2.00 bits per heavy atom. The summed E-state index contributed by atoms with van der Waals surface area (Å²) in [6.07, 6.45) is 4.59. The van der Waals surface area contributed by atoms with E-state index in [1.807, 2.05) is 36.4 Å². The van der Waals surface area contributed by atoms with Crippen LogP contribution in [0.1, 0.15) is 16.7 Å². The molecule has 0 heterocycles. The quantitative estimate of drug-likeness (QED) is 0.582. The van der Waals surface area contributed by atoms with Gasteiger partial charge in [-0.15, -0.1) is 0 Å². The van der Waals surface area contributed by atoms with E-state index in [0.717, 1.165) is 16.7 Å². The summed E-state index contributed by atoms with van der Waals surface area (Å²) < 4.78 is 0. The van der Waals surface area contributed by atoms with Gasteiger partial charge in [0.1, 0.15) is 12.8 Å². The smallest absolute Gasteiger partial charge is 0.142 e. The monoisotopic (exact) mass is 270 g/mol. The van der Waals surface area contributed by atoms with E-state index in [1.165, 1.54) is 0 Å². The van der Waals surface area contributed by atoms with Crippen LogP contribution < -0.4 is 0 Å². The Morgan fingerprint density at radius 1 is 1.21 bits per heavy atom. The summed E-state index contributed by atoms with van der Waals surface area (Å²) in [7, 11) is 0. The number of halogens is 1. The van der Waals surface area contributed by atoms with Gasteiger partial charge in [0.15, 0.2) is 0 Å². The predicted molar refractivity (Wildman–Crippen MR) is 79.3 cm³/mol. The molecule has 0 N–H and O–H groups in total. The van der Waals surface area contributed by atoms with Crippen molar-refractivity contribution in [3.8, 4) is 0 Å². The Labute approximate surface area is 118 Å². The van der Waals surface area contributed by atoms with Gasteiger partial charge in [0.25, 0.3) is 0 Å². The molecule has 0 bridgehead atoms. The van der Waals surface area contributed by atoms with Crippen LogP contribution in [-0.4, -0.2) is 6.21 Å². The van der Waals surface area contributed by atoms with Gasteiger partial charge in [0.2, 0.25) is 0 Å². The van der Waals surface area contributed by atoms with Crippen LogP contribution in [0.2, 0.25) is 5.02 Å². The van der Waals surface area contributed by atoms with E-state index in [0.29, 0.717) is 11.6 Å². The van der Waals surface area contributed by atoms with E-state index >= 15 is 0 Å². The van der Waals surface area contributed by atoms with Crippen molar-refractivity contribution >= 4 is 23.9 Å². The van der Waals surface area contributed by atoms with E-state index in [1.54, 1.807) is 18.2 Å². The molecule has 0 aliphatic carbocycles. The summed E-state index contributed by atoms with van der Waals surface area (Å²) in [5.41, 5.74) is 2.93. The Hall–Kier alpha value is -2.06. The molecule has 1 radical (unpaired) electrons. The molecule has 0 aromatic heterocycles. The maximum absolute atomic E-state index is 5.78. The molecule has 19 heavy (non-hydrogen) atoms. The summed E-state index contributed by atoms with van der Waals surface area (Å²) in [5.74, 6) is 0. The molecule has 0 amide bonds. The fourth-order valence-electron chi connectivity index (χ4n) is 1.53.